The molecule has 0 aliphatic carbocycles. The van der Waals surface area contributed by atoms with Gasteiger partial charge in [-0.3, -0.25) is 4.90 Å². The maximum absolute atomic E-state index is 5.76. The lowest BCUT2D eigenvalue weighted by atomic mass is 9.98. The van der Waals surface area contributed by atoms with Crippen LogP contribution in [0.5, 0.6) is 0 Å². The summed E-state index contributed by atoms with van der Waals surface area (Å²) < 4.78 is 5.76. The Hall–Kier alpha value is 0.450. The normalized spacial score (nSPS) is 20.1. The van der Waals surface area contributed by atoms with Crippen LogP contribution in [0.25, 0.3) is 0 Å². The van der Waals surface area contributed by atoms with Gasteiger partial charge in [0.15, 0.2) is 0 Å². The van der Waals surface area contributed by atoms with E-state index < -0.39 is 0 Å². The molecule has 0 saturated carbocycles. The monoisotopic (exact) mass is 292 g/mol. The van der Waals surface area contributed by atoms with Crippen LogP contribution in [0.2, 0.25) is 0 Å². The largest absolute Gasteiger partial charge is 0.381 e. The van der Waals surface area contributed by atoms with Gasteiger partial charge in [0.25, 0.3) is 0 Å². The lowest BCUT2D eigenvalue weighted by Crippen LogP contribution is -2.36. The zero-order valence-electron chi connectivity index (χ0n) is 11.8. The minimum absolute atomic E-state index is 0.137. The Balaban J connectivity index is 1.97. The van der Waals surface area contributed by atoms with Gasteiger partial charge in [-0.1, -0.05) is 18.1 Å². The van der Waals surface area contributed by atoms with Crippen LogP contribution in [-0.2, 0) is 25.4 Å². The van der Waals surface area contributed by atoms with Gasteiger partial charge in [-0.2, -0.15) is 0 Å². The predicted molar refractivity (Wildman–Crippen MR) is 83.8 cm³/mol. The van der Waals surface area contributed by atoms with Crippen LogP contribution < -0.4 is 5.32 Å². The minimum atomic E-state index is 0.137. The fraction of sp³-hybridized carbons (Fsp3) is 1.00. The number of likely N-dealkylation sites (tertiary alicyclic amines) is 1. The molecule has 1 heterocycles. The number of hydrogen-bond acceptors (Lipinski definition) is 4. The van der Waals surface area contributed by atoms with E-state index in [-0.39, 0.29) is 9.45 Å². The van der Waals surface area contributed by atoms with Crippen molar-refractivity contribution in [2.24, 2.45) is 5.92 Å². The van der Waals surface area contributed by atoms with Crippen LogP contribution in [0, 0.1) is 5.92 Å². The molecule has 1 rings (SSSR count). The van der Waals surface area contributed by atoms with Gasteiger partial charge >= 0.3 is 0 Å². The van der Waals surface area contributed by atoms with Crippen molar-refractivity contribution < 1.29 is 4.74 Å². The number of nitrogens with one attached hydrogen (secondary N) is 1. The quantitative estimate of drug-likeness (QED) is 0.649. The molecule has 0 radical (unpaired) electrons. The van der Waals surface area contributed by atoms with Crippen molar-refractivity contribution in [3.8, 4) is 0 Å². The number of ether oxygens (including phenoxy) is 1. The summed E-state index contributed by atoms with van der Waals surface area (Å²) in [5.41, 5.74) is 0. The summed E-state index contributed by atoms with van der Waals surface area (Å²) in [6.45, 7) is 8.54. The van der Waals surface area contributed by atoms with Crippen LogP contribution in [0.3, 0.4) is 0 Å². The van der Waals surface area contributed by atoms with Gasteiger partial charge in [0.05, 0.1) is 0 Å². The van der Waals surface area contributed by atoms with E-state index in [1.165, 1.54) is 25.9 Å². The standard InChI is InChI=1S/C13H28N2OS2/c1-3-14-7-4-10-16-11-13-5-8-15(9-6-13)12-18(2)17/h13-14H,3-12H2,1-2H3. The molecule has 0 bridgehead atoms. The van der Waals surface area contributed by atoms with E-state index in [1.54, 1.807) is 0 Å². The highest BCUT2D eigenvalue weighted by Crippen LogP contribution is 2.17. The molecule has 0 amide bonds. The van der Waals surface area contributed by atoms with Gasteiger partial charge in [0.2, 0.25) is 0 Å². The van der Waals surface area contributed by atoms with Gasteiger partial charge in [-0.15, -0.1) is 9.45 Å². The van der Waals surface area contributed by atoms with E-state index in [4.69, 9.17) is 15.9 Å². The Bertz CT molecular complexity index is 231. The fourth-order valence-electron chi connectivity index (χ4n) is 2.27. The Morgan fingerprint density at radius 2 is 2.11 bits per heavy atom. The average Bonchev–Trinajstić information content (AvgIpc) is 2.35. The Morgan fingerprint density at radius 3 is 2.72 bits per heavy atom. The number of nitrogens with zero attached hydrogens (tertiary/aromatic N) is 1. The molecule has 108 valence electrons. The zero-order valence-corrected chi connectivity index (χ0v) is 13.5. The molecule has 0 aromatic heterocycles. The molecule has 1 saturated heterocycles. The number of piperidine rings is 1. The van der Waals surface area contributed by atoms with E-state index in [0.717, 1.165) is 44.5 Å². The minimum Gasteiger partial charge on any atom is -0.381 e. The molecular formula is C13H28N2OS2. The molecule has 1 fully saturated rings. The van der Waals surface area contributed by atoms with Crippen molar-refractivity contribution in [3.05, 3.63) is 0 Å². The van der Waals surface area contributed by atoms with Crippen LogP contribution in [0.15, 0.2) is 0 Å². The number of rotatable bonds is 9. The number of hydrogen-bond donors (Lipinski definition) is 1. The van der Waals surface area contributed by atoms with Crippen LogP contribution >= 0.6 is 0 Å². The fourth-order valence-corrected chi connectivity index (χ4v) is 3.48. The summed E-state index contributed by atoms with van der Waals surface area (Å²) in [6, 6.07) is 0. The van der Waals surface area contributed by atoms with Crippen molar-refractivity contribution in [2.45, 2.75) is 26.2 Å². The molecule has 0 aromatic rings. The van der Waals surface area contributed by atoms with E-state index >= 15 is 0 Å². The van der Waals surface area contributed by atoms with Gasteiger partial charge in [-0.25, -0.2) is 0 Å². The van der Waals surface area contributed by atoms with Crippen molar-refractivity contribution in [3.63, 3.8) is 0 Å². The van der Waals surface area contributed by atoms with Gasteiger partial charge in [-0.05, 0) is 57.6 Å². The first kappa shape index (κ1) is 16.5. The molecular weight excluding hydrogens is 264 g/mol. The van der Waals surface area contributed by atoms with E-state index in [0.29, 0.717) is 0 Å². The first-order chi connectivity index (χ1) is 8.72. The lowest BCUT2D eigenvalue weighted by Gasteiger charge is -2.31. The summed E-state index contributed by atoms with van der Waals surface area (Å²) >= 11 is 5.27. The molecule has 0 aromatic carbocycles. The van der Waals surface area contributed by atoms with Crippen LogP contribution in [0.1, 0.15) is 26.2 Å². The smallest absolute Gasteiger partial charge is 0.0495 e. The topological polar surface area (TPSA) is 24.5 Å². The molecule has 1 aliphatic heterocycles. The average molecular weight is 293 g/mol. The summed E-state index contributed by atoms with van der Waals surface area (Å²) in [5.74, 6) is 1.87. The molecule has 1 aliphatic rings. The first-order valence-corrected chi connectivity index (χ1v) is 9.76. The third-order valence-corrected chi connectivity index (χ3v) is 4.36. The third-order valence-electron chi connectivity index (χ3n) is 3.32. The van der Waals surface area contributed by atoms with Crippen molar-refractivity contribution in [1.29, 1.82) is 0 Å². The summed E-state index contributed by atoms with van der Waals surface area (Å²) in [5, 5.41) is 3.31. The second-order valence-corrected chi connectivity index (χ2v) is 8.16. The highest BCUT2D eigenvalue weighted by Gasteiger charge is 2.18. The molecule has 5 heteroatoms. The molecule has 1 atom stereocenters. The molecule has 18 heavy (non-hydrogen) atoms. The van der Waals surface area contributed by atoms with Crippen LogP contribution in [0.4, 0.5) is 0 Å². The first-order valence-electron chi connectivity index (χ1n) is 7.03. The van der Waals surface area contributed by atoms with Gasteiger partial charge in [0.1, 0.15) is 0 Å². The lowest BCUT2D eigenvalue weighted by molar-refractivity contribution is 0.0698. The molecule has 1 unspecified atom stereocenters. The summed E-state index contributed by atoms with van der Waals surface area (Å²) in [4.78, 5) is 2.51. The summed E-state index contributed by atoms with van der Waals surface area (Å²) in [7, 11) is 0.137. The van der Waals surface area contributed by atoms with Crippen molar-refractivity contribution in [1.82, 2.24) is 10.2 Å². The van der Waals surface area contributed by atoms with Crippen LogP contribution in [-0.4, -0.2) is 56.4 Å². The van der Waals surface area contributed by atoms with Crippen molar-refractivity contribution in [2.75, 3.05) is 51.5 Å². The molecule has 1 N–H and O–H groups in total. The summed E-state index contributed by atoms with van der Waals surface area (Å²) in [6.07, 6.45) is 5.83. The highest BCUT2D eigenvalue weighted by atomic mass is 32.8. The second kappa shape index (κ2) is 10.3. The van der Waals surface area contributed by atoms with E-state index in [2.05, 4.69) is 23.4 Å². The Labute approximate surface area is 119 Å². The molecule has 0 spiro atoms. The zero-order chi connectivity index (χ0) is 13.2. The van der Waals surface area contributed by atoms with Gasteiger partial charge in [0, 0.05) is 19.1 Å². The SMILES string of the molecule is CCNCCCOCC1CCN(CS(C)=S)CC1. The second-order valence-electron chi connectivity index (χ2n) is 5.05. The Kier molecular flexibility index (Phi) is 9.41. The maximum atomic E-state index is 5.76. The maximum Gasteiger partial charge on any atom is 0.0495 e. The highest BCUT2D eigenvalue weighted by molar-refractivity contribution is 8.28. The Morgan fingerprint density at radius 1 is 1.39 bits per heavy atom. The molecule has 3 nitrogen and oxygen atoms in total. The van der Waals surface area contributed by atoms with E-state index in [9.17, 15) is 0 Å². The van der Waals surface area contributed by atoms with Gasteiger partial charge < -0.3 is 10.1 Å². The third kappa shape index (κ3) is 7.79. The predicted octanol–water partition coefficient (Wildman–Crippen LogP) is 1.38. The van der Waals surface area contributed by atoms with E-state index in [1.807, 2.05) is 0 Å². The van der Waals surface area contributed by atoms with Crippen molar-refractivity contribution >= 4 is 20.6 Å².